The van der Waals surface area contributed by atoms with Gasteiger partial charge in [-0.1, -0.05) is 65.6 Å². The molecule has 0 radical (unpaired) electrons. The van der Waals surface area contributed by atoms with E-state index in [2.05, 4.69) is 59.4 Å². The predicted octanol–water partition coefficient (Wildman–Crippen LogP) is 5.18. The van der Waals surface area contributed by atoms with Gasteiger partial charge >= 0.3 is 0 Å². The van der Waals surface area contributed by atoms with Crippen molar-refractivity contribution < 1.29 is 4.74 Å². The summed E-state index contributed by atoms with van der Waals surface area (Å²) in [6.07, 6.45) is 0. The average Bonchev–Trinajstić information content (AvgIpc) is 2.45. The molecule has 0 fully saturated rings. The monoisotopic (exact) mass is 367 g/mol. The van der Waals surface area contributed by atoms with Crippen LogP contribution in [-0.2, 0) is 13.2 Å². The van der Waals surface area contributed by atoms with E-state index in [1.54, 1.807) is 0 Å². The first-order valence-corrected chi connectivity index (χ1v) is 8.11. The van der Waals surface area contributed by atoms with Gasteiger partial charge in [-0.25, -0.2) is 0 Å². The smallest absolute Gasteiger partial charge is 0.138 e. The first-order chi connectivity index (χ1) is 10.0. The van der Waals surface area contributed by atoms with Crippen molar-refractivity contribution in [3.63, 3.8) is 0 Å². The lowest BCUT2D eigenvalue weighted by Gasteiger charge is -2.11. The summed E-state index contributed by atoms with van der Waals surface area (Å²) in [5.41, 5.74) is 2.39. The summed E-state index contributed by atoms with van der Waals surface area (Å²) >= 11 is 9.53. The molecule has 0 aliphatic heterocycles. The topological polar surface area (TPSA) is 21.3 Å². The van der Waals surface area contributed by atoms with E-state index in [9.17, 15) is 0 Å². The molecule has 4 heteroatoms. The fraction of sp³-hybridized carbons (Fsp3) is 0.294. The highest BCUT2D eigenvalue weighted by Crippen LogP contribution is 2.28. The molecule has 1 N–H and O–H groups in total. The molecule has 0 amide bonds. The van der Waals surface area contributed by atoms with Crippen LogP contribution in [0.25, 0.3) is 0 Å². The molecule has 0 saturated heterocycles. The molecular formula is C17H19BrClNO. The molecule has 0 unspecified atom stereocenters. The highest BCUT2D eigenvalue weighted by atomic mass is 79.9. The summed E-state index contributed by atoms with van der Waals surface area (Å²) in [5.74, 6) is 0.700. The highest BCUT2D eigenvalue weighted by molar-refractivity contribution is 9.10. The first-order valence-electron chi connectivity index (χ1n) is 6.93. The minimum atomic E-state index is 0.478. The van der Waals surface area contributed by atoms with E-state index in [1.165, 1.54) is 5.56 Å². The normalized spacial score (nSPS) is 10.9. The molecule has 0 aliphatic rings. The molecule has 0 spiro atoms. The van der Waals surface area contributed by atoms with Gasteiger partial charge in [0.1, 0.15) is 12.4 Å². The molecule has 0 aliphatic carbocycles. The van der Waals surface area contributed by atoms with E-state index in [4.69, 9.17) is 16.3 Å². The zero-order valence-electron chi connectivity index (χ0n) is 12.2. The van der Waals surface area contributed by atoms with E-state index >= 15 is 0 Å². The van der Waals surface area contributed by atoms with Crippen molar-refractivity contribution in [3.8, 4) is 5.75 Å². The number of benzene rings is 2. The van der Waals surface area contributed by atoms with Gasteiger partial charge in [0.2, 0.25) is 0 Å². The van der Waals surface area contributed by atoms with Crippen LogP contribution in [0, 0.1) is 0 Å². The maximum absolute atomic E-state index is 6.15. The van der Waals surface area contributed by atoms with Crippen molar-refractivity contribution in [2.24, 2.45) is 0 Å². The van der Waals surface area contributed by atoms with Crippen LogP contribution in [0.5, 0.6) is 5.75 Å². The van der Waals surface area contributed by atoms with Crippen LogP contribution in [0.15, 0.2) is 46.9 Å². The molecule has 112 valence electrons. The molecular weight excluding hydrogens is 350 g/mol. The number of hydrogen-bond donors (Lipinski definition) is 1. The van der Waals surface area contributed by atoms with Crippen LogP contribution >= 0.6 is 27.5 Å². The van der Waals surface area contributed by atoms with Crippen LogP contribution in [0.1, 0.15) is 25.0 Å². The van der Waals surface area contributed by atoms with Crippen molar-refractivity contribution in [1.82, 2.24) is 5.32 Å². The largest absolute Gasteiger partial charge is 0.487 e. The van der Waals surface area contributed by atoms with Crippen LogP contribution in [0.2, 0.25) is 5.02 Å². The number of halogens is 2. The van der Waals surface area contributed by atoms with Gasteiger partial charge in [0.15, 0.2) is 0 Å². The third-order valence-corrected chi connectivity index (χ3v) is 3.78. The average molecular weight is 369 g/mol. The number of nitrogens with one attached hydrogen (secondary N) is 1. The Labute approximate surface area is 139 Å². The maximum Gasteiger partial charge on any atom is 0.138 e. The molecule has 0 atom stereocenters. The molecule has 2 nitrogen and oxygen atoms in total. The Morgan fingerprint density at radius 3 is 2.62 bits per heavy atom. The van der Waals surface area contributed by atoms with Crippen molar-refractivity contribution in [3.05, 3.63) is 63.1 Å². The standard InChI is InChI=1S/C17H19BrClNO/c1-12(2)20-10-13-4-3-5-14(8-13)11-21-17-7-6-15(18)9-16(17)19/h3-9,12,20H,10-11H2,1-2H3. The SMILES string of the molecule is CC(C)NCc1cccc(COc2ccc(Br)cc2Cl)c1. The summed E-state index contributed by atoms with van der Waals surface area (Å²) in [5, 5.41) is 4.02. The Kier molecular flexibility index (Phi) is 6.09. The van der Waals surface area contributed by atoms with Crippen LogP contribution in [-0.4, -0.2) is 6.04 Å². The fourth-order valence-electron chi connectivity index (χ4n) is 1.90. The molecule has 0 bridgehead atoms. The maximum atomic E-state index is 6.15. The first kappa shape index (κ1) is 16.3. The van der Waals surface area contributed by atoms with E-state index in [0.29, 0.717) is 23.4 Å². The number of hydrogen-bond acceptors (Lipinski definition) is 2. The minimum Gasteiger partial charge on any atom is -0.487 e. The van der Waals surface area contributed by atoms with Crippen LogP contribution in [0.3, 0.4) is 0 Å². The van der Waals surface area contributed by atoms with Gasteiger partial charge in [0.05, 0.1) is 5.02 Å². The third-order valence-electron chi connectivity index (χ3n) is 2.99. The summed E-state index contributed by atoms with van der Waals surface area (Å²) in [6, 6.07) is 14.5. The molecule has 21 heavy (non-hydrogen) atoms. The Bertz CT molecular complexity index is 601. The molecule has 2 aromatic carbocycles. The zero-order chi connectivity index (χ0) is 15.2. The van der Waals surface area contributed by atoms with E-state index in [1.807, 2.05) is 18.2 Å². The van der Waals surface area contributed by atoms with Gasteiger partial charge in [-0.15, -0.1) is 0 Å². The second kappa shape index (κ2) is 7.83. The van der Waals surface area contributed by atoms with E-state index in [-0.39, 0.29) is 0 Å². The molecule has 0 aromatic heterocycles. The van der Waals surface area contributed by atoms with Crippen molar-refractivity contribution in [1.29, 1.82) is 0 Å². The summed E-state index contributed by atoms with van der Waals surface area (Å²) in [4.78, 5) is 0. The number of rotatable bonds is 6. The van der Waals surface area contributed by atoms with E-state index < -0.39 is 0 Å². The lowest BCUT2D eigenvalue weighted by Crippen LogP contribution is -2.21. The van der Waals surface area contributed by atoms with Gasteiger partial charge in [0, 0.05) is 17.1 Å². The Balaban J connectivity index is 1.98. The van der Waals surface area contributed by atoms with Gasteiger partial charge in [-0.2, -0.15) is 0 Å². The van der Waals surface area contributed by atoms with Crippen molar-refractivity contribution in [2.45, 2.75) is 33.0 Å². The van der Waals surface area contributed by atoms with Crippen molar-refractivity contribution >= 4 is 27.5 Å². The lowest BCUT2D eigenvalue weighted by atomic mass is 10.1. The minimum absolute atomic E-state index is 0.478. The predicted molar refractivity (Wildman–Crippen MR) is 91.9 cm³/mol. The molecule has 2 rings (SSSR count). The summed E-state index contributed by atoms with van der Waals surface area (Å²) in [7, 11) is 0. The zero-order valence-corrected chi connectivity index (χ0v) is 14.5. The second-order valence-corrected chi connectivity index (χ2v) is 6.54. The van der Waals surface area contributed by atoms with Gasteiger partial charge < -0.3 is 10.1 Å². The Hall–Kier alpha value is -1.03. The van der Waals surface area contributed by atoms with Crippen LogP contribution < -0.4 is 10.1 Å². The second-order valence-electron chi connectivity index (χ2n) is 5.22. The third kappa shape index (κ3) is 5.34. The lowest BCUT2D eigenvalue weighted by molar-refractivity contribution is 0.306. The quantitative estimate of drug-likeness (QED) is 0.758. The highest BCUT2D eigenvalue weighted by Gasteiger charge is 2.03. The van der Waals surface area contributed by atoms with Crippen LogP contribution in [0.4, 0.5) is 0 Å². The Morgan fingerprint density at radius 2 is 1.90 bits per heavy atom. The van der Waals surface area contributed by atoms with Gasteiger partial charge in [-0.05, 0) is 29.3 Å². The molecule has 2 aromatic rings. The van der Waals surface area contributed by atoms with Crippen molar-refractivity contribution in [2.75, 3.05) is 0 Å². The Morgan fingerprint density at radius 1 is 1.14 bits per heavy atom. The summed E-state index contributed by atoms with van der Waals surface area (Å²) in [6.45, 7) is 5.66. The molecule has 0 heterocycles. The van der Waals surface area contributed by atoms with Gasteiger partial charge in [0.25, 0.3) is 0 Å². The fourth-order valence-corrected chi connectivity index (χ4v) is 2.63. The van der Waals surface area contributed by atoms with Gasteiger partial charge in [-0.3, -0.25) is 0 Å². The number of ether oxygens (including phenoxy) is 1. The van der Waals surface area contributed by atoms with E-state index in [0.717, 1.165) is 16.6 Å². The summed E-state index contributed by atoms with van der Waals surface area (Å²) < 4.78 is 6.73. The molecule has 0 saturated carbocycles.